The minimum atomic E-state index is -1.20. The molecule has 2 saturated carbocycles. The number of hydrogen-bond donors (Lipinski definition) is 3. The predicted molar refractivity (Wildman–Crippen MR) is 123 cm³/mol. The van der Waals surface area contributed by atoms with Crippen LogP contribution in [0.5, 0.6) is 11.5 Å². The smallest absolute Gasteiger partial charge is 0.316 e. The van der Waals surface area contributed by atoms with Crippen LogP contribution in [0, 0.1) is 11.3 Å². The van der Waals surface area contributed by atoms with E-state index < -0.39 is 28.5 Å². The lowest BCUT2D eigenvalue weighted by atomic mass is 9.55. The number of piperidine rings is 1. The number of hydrogen-bond acceptors (Lipinski definition) is 7. The average molecular weight is 463 g/mol. The van der Waals surface area contributed by atoms with Gasteiger partial charge in [0, 0.05) is 36.0 Å². The normalized spacial score (nSPS) is 38.8. The molecule has 34 heavy (non-hydrogen) atoms. The number of aliphatic hydroxyl groups is 1. The first kappa shape index (κ1) is 20.7. The molecule has 5 aliphatic rings. The van der Waals surface area contributed by atoms with Crippen molar-refractivity contribution in [2.45, 2.75) is 74.1 Å². The molecule has 1 saturated heterocycles. The lowest BCUT2D eigenvalue weighted by Gasteiger charge is -2.56. The van der Waals surface area contributed by atoms with Gasteiger partial charge in [-0.15, -0.1) is 0 Å². The number of esters is 1. The third-order valence-electron chi connectivity index (χ3n) is 9.35. The Bertz CT molecular complexity index is 1180. The lowest BCUT2D eigenvalue weighted by molar-refractivity contribution is -0.158. The van der Waals surface area contributed by atoms with Gasteiger partial charge >= 0.3 is 5.97 Å². The highest BCUT2D eigenvalue weighted by atomic mass is 16.5. The molecule has 0 amide bonds. The molecule has 1 unspecified atom stereocenters. The highest BCUT2D eigenvalue weighted by molar-refractivity contribution is 5.82. The van der Waals surface area contributed by atoms with Gasteiger partial charge in [0.2, 0.25) is 0 Å². The second-order valence-electron chi connectivity index (χ2n) is 11.2. The number of phenolic OH excluding ortho intramolecular Hbond substituents is 1. The van der Waals surface area contributed by atoms with Crippen molar-refractivity contribution in [1.29, 1.82) is 0 Å². The molecule has 178 valence electrons. The molecule has 7 heteroatoms. The van der Waals surface area contributed by atoms with Gasteiger partial charge in [-0.05, 0) is 55.4 Å². The average Bonchev–Trinajstić information content (AvgIpc) is 3.51. The maximum Gasteiger partial charge on any atom is 0.316 e. The van der Waals surface area contributed by atoms with Gasteiger partial charge in [0.15, 0.2) is 11.5 Å². The Labute approximate surface area is 198 Å². The van der Waals surface area contributed by atoms with Crippen LogP contribution in [0.1, 0.15) is 48.9 Å². The molecule has 7 nitrogen and oxygen atoms in total. The summed E-state index contributed by atoms with van der Waals surface area (Å²) in [6.07, 6.45) is 6.50. The van der Waals surface area contributed by atoms with Gasteiger partial charge < -0.3 is 25.0 Å². The van der Waals surface area contributed by atoms with Crippen molar-refractivity contribution < 1.29 is 24.5 Å². The third-order valence-corrected chi connectivity index (χ3v) is 9.35. The molecule has 1 aromatic heterocycles. The third kappa shape index (κ3) is 2.44. The Morgan fingerprint density at radius 1 is 1.29 bits per heavy atom. The summed E-state index contributed by atoms with van der Waals surface area (Å²) in [6, 6.07) is 9.31. The van der Waals surface area contributed by atoms with E-state index in [2.05, 4.69) is 10.3 Å². The minimum absolute atomic E-state index is 0.0669. The topological polar surface area (TPSA) is 101 Å². The summed E-state index contributed by atoms with van der Waals surface area (Å²) >= 11 is 0. The molecule has 3 fully saturated rings. The van der Waals surface area contributed by atoms with Crippen LogP contribution in [0.4, 0.5) is 0 Å². The van der Waals surface area contributed by atoms with Crippen LogP contribution >= 0.6 is 0 Å². The van der Waals surface area contributed by atoms with Crippen molar-refractivity contribution in [2.75, 3.05) is 7.11 Å². The van der Waals surface area contributed by atoms with Crippen LogP contribution in [0.3, 0.4) is 0 Å². The quantitative estimate of drug-likeness (QED) is 0.587. The van der Waals surface area contributed by atoms with Crippen LogP contribution in [-0.4, -0.2) is 52.1 Å². The first-order valence-electron chi connectivity index (χ1n) is 12.4. The van der Waals surface area contributed by atoms with Gasteiger partial charge in [-0.1, -0.05) is 25.0 Å². The zero-order chi connectivity index (χ0) is 23.3. The number of rotatable bonds is 5. The summed E-state index contributed by atoms with van der Waals surface area (Å²) in [6.45, 7) is 0. The van der Waals surface area contributed by atoms with Crippen LogP contribution in [0.2, 0.25) is 0 Å². The van der Waals surface area contributed by atoms with Crippen molar-refractivity contribution in [3.05, 3.63) is 53.3 Å². The zero-order valence-corrected chi connectivity index (χ0v) is 19.3. The number of carbonyl (C=O) groups is 1. The summed E-state index contributed by atoms with van der Waals surface area (Å²) < 4.78 is 12.0. The number of phenols is 1. The Kier molecular flexibility index (Phi) is 4.10. The summed E-state index contributed by atoms with van der Waals surface area (Å²) in [5.74, 6) is 0.834. The van der Waals surface area contributed by atoms with E-state index in [-0.39, 0.29) is 24.3 Å². The maximum atomic E-state index is 13.7. The van der Waals surface area contributed by atoms with E-state index in [9.17, 15) is 15.0 Å². The molecule has 1 spiro atoms. The van der Waals surface area contributed by atoms with E-state index in [4.69, 9.17) is 9.47 Å². The maximum absolute atomic E-state index is 13.7. The summed E-state index contributed by atoms with van der Waals surface area (Å²) in [7, 11) is 1.40. The number of ether oxygens (including phenoxy) is 2. The van der Waals surface area contributed by atoms with E-state index >= 15 is 0 Å². The first-order chi connectivity index (χ1) is 16.4. The van der Waals surface area contributed by atoms with E-state index in [1.54, 1.807) is 12.3 Å². The van der Waals surface area contributed by atoms with Crippen molar-refractivity contribution in [3.63, 3.8) is 0 Å². The molecule has 6 atom stereocenters. The van der Waals surface area contributed by atoms with Gasteiger partial charge in [-0.25, -0.2) is 0 Å². The SMILES string of the molecule is COC(=O)[C@]1(Cc2ccccn2)C[C@@]2(O)[C@H]3Cc4ccc(O)c5c4[C@@]2(CC(CC2CC2)N3)[C@H]1O5. The fourth-order valence-electron chi connectivity index (χ4n) is 7.98. The van der Waals surface area contributed by atoms with Gasteiger partial charge in [-0.3, -0.25) is 9.78 Å². The van der Waals surface area contributed by atoms with Crippen LogP contribution in [0.15, 0.2) is 36.5 Å². The first-order valence-corrected chi connectivity index (χ1v) is 12.4. The van der Waals surface area contributed by atoms with Gasteiger partial charge in [0.05, 0.1) is 18.1 Å². The van der Waals surface area contributed by atoms with Crippen LogP contribution in [0.25, 0.3) is 0 Å². The van der Waals surface area contributed by atoms with E-state index in [0.717, 1.165) is 29.2 Å². The highest BCUT2D eigenvalue weighted by Crippen LogP contribution is 2.71. The molecule has 3 heterocycles. The Balaban J connectivity index is 1.45. The van der Waals surface area contributed by atoms with Crippen molar-refractivity contribution in [2.24, 2.45) is 11.3 Å². The van der Waals surface area contributed by atoms with Crippen molar-refractivity contribution in [1.82, 2.24) is 10.3 Å². The van der Waals surface area contributed by atoms with Gasteiger partial charge in [0.1, 0.15) is 11.5 Å². The molecule has 3 aliphatic carbocycles. The summed E-state index contributed by atoms with van der Waals surface area (Å²) in [5.41, 5.74) is -0.363. The number of methoxy groups -OCH3 is 1. The molecular weight excluding hydrogens is 432 g/mol. The molecule has 7 rings (SSSR count). The predicted octanol–water partition coefficient (Wildman–Crippen LogP) is 2.41. The summed E-state index contributed by atoms with van der Waals surface area (Å²) in [4.78, 5) is 18.2. The van der Waals surface area contributed by atoms with E-state index in [1.807, 2.05) is 24.3 Å². The number of pyridine rings is 1. The lowest BCUT2D eigenvalue weighted by Crippen LogP contribution is -2.72. The second kappa shape index (κ2) is 6.73. The van der Waals surface area contributed by atoms with Gasteiger partial charge in [-0.2, -0.15) is 0 Å². The van der Waals surface area contributed by atoms with E-state index in [0.29, 0.717) is 25.0 Å². The monoisotopic (exact) mass is 462 g/mol. The molecule has 0 radical (unpaired) electrons. The number of nitrogens with one attached hydrogen (secondary N) is 1. The molecule has 3 N–H and O–H groups in total. The summed E-state index contributed by atoms with van der Waals surface area (Å²) in [5, 5.41) is 27.2. The number of aromatic hydroxyl groups is 1. The fraction of sp³-hybridized carbons (Fsp3) is 0.556. The molecule has 1 aromatic carbocycles. The second-order valence-corrected chi connectivity index (χ2v) is 11.2. The Morgan fingerprint density at radius 3 is 2.88 bits per heavy atom. The highest BCUT2D eigenvalue weighted by Gasteiger charge is 2.81. The van der Waals surface area contributed by atoms with Crippen LogP contribution < -0.4 is 10.1 Å². The number of carbonyl (C=O) groups excluding carboxylic acids is 1. The van der Waals surface area contributed by atoms with Crippen molar-refractivity contribution in [3.8, 4) is 11.5 Å². The molecule has 2 aliphatic heterocycles. The van der Waals surface area contributed by atoms with Crippen LogP contribution in [-0.2, 0) is 27.8 Å². The zero-order valence-electron chi connectivity index (χ0n) is 19.3. The number of nitrogens with zero attached hydrogens (tertiary/aromatic N) is 1. The van der Waals surface area contributed by atoms with Gasteiger partial charge in [0.25, 0.3) is 0 Å². The molecular formula is C27H30N2O5. The molecule has 2 bridgehead atoms. The fourth-order valence-corrected chi connectivity index (χ4v) is 7.98. The largest absolute Gasteiger partial charge is 0.504 e. The minimum Gasteiger partial charge on any atom is -0.504 e. The Hall–Kier alpha value is -2.64. The molecule has 2 aromatic rings. The standard InChI is InChI=1S/C27H30N2O5/c1-33-24(31)25(12-17-4-2-3-9-28-17)14-27(32)20-11-16-7-8-19(30)22-21(16)26(27,23(25)34-22)13-18(29-20)10-15-5-6-15/h2-4,7-9,15,18,20,23,29-30,32H,5-6,10-14H2,1H3/t18?,20-,23+,25-,26+,27-/m1/s1. The van der Waals surface area contributed by atoms with E-state index in [1.165, 1.54) is 20.0 Å². The Morgan fingerprint density at radius 2 is 2.15 bits per heavy atom. The number of aromatic nitrogens is 1. The number of benzene rings is 1. The van der Waals surface area contributed by atoms with Crippen molar-refractivity contribution >= 4 is 5.97 Å².